The van der Waals surface area contributed by atoms with Crippen LogP contribution in [0.1, 0.15) is 19.8 Å². The number of rotatable bonds is 3. The van der Waals surface area contributed by atoms with E-state index in [1.54, 1.807) is 6.08 Å². The molecule has 0 unspecified atom stereocenters. The molecule has 0 amide bonds. The number of esters is 1. The van der Waals surface area contributed by atoms with E-state index in [2.05, 4.69) is 0 Å². The highest BCUT2D eigenvalue weighted by Crippen LogP contribution is 2.24. The van der Waals surface area contributed by atoms with Crippen molar-refractivity contribution in [3.05, 3.63) is 12.2 Å². The summed E-state index contributed by atoms with van der Waals surface area (Å²) in [4.78, 5) is 21.0. The fourth-order valence-corrected chi connectivity index (χ4v) is 1.44. The topological polar surface area (TPSA) is 63.6 Å². The minimum Gasteiger partial charge on any atom is -0.481 e. The molecular formula is C9H12O4. The Bertz CT molecular complexity index is 244. The van der Waals surface area contributed by atoms with Gasteiger partial charge in [-0.05, 0) is 0 Å². The fraction of sp³-hybridized carbons (Fsp3) is 0.556. The third-order valence-corrected chi connectivity index (χ3v) is 1.96. The molecule has 0 saturated heterocycles. The molecule has 1 rings (SSSR count). The third kappa shape index (κ3) is 2.89. The molecule has 2 atom stereocenters. The highest BCUT2D eigenvalue weighted by atomic mass is 16.5. The van der Waals surface area contributed by atoms with Crippen LogP contribution in [0.3, 0.4) is 0 Å². The second-order valence-corrected chi connectivity index (χ2v) is 3.07. The van der Waals surface area contributed by atoms with Crippen molar-refractivity contribution in [2.75, 3.05) is 0 Å². The molecule has 0 heterocycles. The lowest BCUT2D eigenvalue weighted by molar-refractivity contribution is -0.150. The van der Waals surface area contributed by atoms with E-state index in [1.165, 1.54) is 6.92 Å². The fourth-order valence-electron chi connectivity index (χ4n) is 1.44. The van der Waals surface area contributed by atoms with Crippen LogP contribution in [0.4, 0.5) is 0 Å². The molecule has 72 valence electrons. The Labute approximate surface area is 76.2 Å². The van der Waals surface area contributed by atoms with Gasteiger partial charge in [0.05, 0.1) is 6.42 Å². The maximum Gasteiger partial charge on any atom is 0.304 e. The molecule has 0 aromatic rings. The van der Waals surface area contributed by atoms with Crippen LogP contribution in [0.25, 0.3) is 0 Å². The molecule has 0 saturated carbocycles. The predicted molar refractivity (Wildman–Crippen MR) is 45.1 cm³/mol. The lowest BCUT2D eigenvalue weighted by Gasteiger charge is -2.17. The summed E-state index contributed by atoms with van der Waals surface area (Å²) < 4.78 is 4.96. The Morgan fingerprint density at radius 3 is 2.85 bits per heavy atom. The number of hydrogen-bond acceptors (Lipinski definition) is 3. The van der Waals surface area contributed by atoms with E-state index < -0.39 is 5.97 Å². The third-order valence-electron chi connectivity index (χ3n) is 1.96. The van der Waals surface area contributed by atoms with Crippen molar-refractivity contribution in [1.29, 1.82) is 0 Å². The first-order valence-corrected chi connectivity index (χ1v) is 4.15. The summed E-state index contributed by atoms with van der Waals surface area (Å²) in [5.74, 6) is -1.39. The van der Waals surface area contributed by atoms with Crippen LogP contribution < -0.4 is 0 Å². The standard InChI is InChI=1S/C9H12O4/c1-6(10)13-8-4-2-3-7(8)5-9(11)12/h2-3,7-8H,4-5H2,1H3,(H,11,12)/t7-,8-/m0/s1. The Balaban J connectivity index is 2.47. The SMILES string of the molecule is CC(=O)O[C@H]1CC=C[C@H]1CC(=O)O. The zero-order valence-corrected chi connectivity index (χ0v) is 7.40. The second kappa shape index (κ2) is 4.07. The van der Waals surface area contributed by atoms with E-state index >= 15 is 0 Å². The van der Waals surface area contributed by atoms with Gasteiger partial charge in [0.15, 0.2) is 0 Å². The normalized spacial score (nSPS) is 25.9. The van der Waals surface area contributed by atoms with Gasteiger partial charge in [-0.3, -0.25) is 9.59 Å². The molecule has 0 aromatic heterocycles. The maximum absolute atomic E-state index is 10.6. The Hall–Kier alpha value is -1.32. The Morgan fingerprint density at radius 1 is 1.62 bits per heavy atom. The monoisotopic (exact) mass is 184 g/mol. The Morgan fingerprint density at radius 2 is 2.31 bits per heavy atom. The number of carbonyl (C=O) groups excluding carboxylic acids is 1. The zero-order valence-electron chi connectivity index (χ0n) is 7.40. The van der Waals surface area contributed by atoms with Gasteiger partial charge in [-0.1, -0.05) is 12.2 Å². The van der Waals surface area contributed by atoms with Gasteiger partial charge in [0.2, 0.25) is 0 Å². The van der Waals surface area contributed by atoms with Crippen molar-refractivity contribution in [1.82, 2.24) is 0 Å². The van der Waals surface area contributed by atoms with E-state index in [0.29, 0.717) is 6.42 Å². The summed E-state index contributed by atoms with van der Waals surface area (Å²) in [7, 11) is 0. The van der Waals surface area contributed by atoms with E-state index in [9.17, 15) is 9.59 Å². The van der Waals surface area contributed by atoms with E-state index in [1.807, 2.05) is 6.08 Å². The minimum atomic E-state index is -0.867. The highest BCUT2D eigenvalue weighted by Gasteiger charge is 2.27. The Kier molecular flexibility index (Phi) is 3.06. The molecule has 0 fully saturated rings. The lowest BCUT2D eigenvalue weighted by atomic mass is 10.0. The smallest absolute Gasteiger partial charge is 0.304 e. The van der Waals surface area contributed by atoms with Gasteiger partial charge in [0.25, 0.3) is 0 Å². The molecular weight excluding hydrogens is 172 g/mol. The van der Waals surface area contributed by atoms with Crippen LogP contribution in [0.2, 0.25) is 0 Å². The molecule has 0 radical (unpaired) electrons. The van der Waals surface area contributed by atoms with Crippen molar-refractivity contribution in [2.45, 2.75) is 25.9 Å². The second-order valence-electron chi connectivity index (χ2n) is 3.07. The molecule has 1 aliphatic rings. The molecule has 1 N–H and O–H groups in total. The largest absolute Gasteiger partial charge is 0.481 e. The summed E-state index contributed by atoms with van der Waals surface area (Å²) in [6.45, 7) is 1.33. The van der Waals surface area contributed by atoms with Crippen LogP contribution in [-0.4, -0.2) is 23.1 Å². The molecule has 4 nitrogen and oxygen atoms in total. The quantitative estimate of drug-likeness (QED) is 0.524. The van der Waals surface area contributed by atoms with E-state index in [4.69, 9.17) is 9.84 Å². The van der Waals surface area contributed by atoms with Crippen LogP contribution in [0, 0.1) is 5.92 Å². The zero-order chi connectivity index (χ0) is 9.84. The maximum atomic E-state index is 10.6. The minimum absolute atomic E-state index is 0.0223. The molecule has 13 heavy (non-hydrogen) atoms. The molecule has 0 aliphatic heterocycles. The average molecular weight is 184 g/mol. The van der Waals surface area contributed by atoms with Gasteiger partial charge >= 0.3 is 11.9 Å². The van der Waals surface area contributed by atoms with Crippen molar-refractivity contribution < 1.29 is 19.4 Å². The summed E-state index contributed by atoms with van der Waals surface area (Å²) in [6.07, 6.45) is 4.00. The molecule has 0 aromatic carbocycles. The molecule has 4 heteroatoms. The van der Waals surface area contributed by atoms with Gasteiger partial charge in [0.1, 0.15) is 6.10 Å². The summed E-state index contributed by atoms with van der Waals surface area (Å²) in [5, 5.41) is 8.55. The summed E-state index contributed by atoms with van der Waals surface area (Å²) in [6, 6.07) is 0. The van der Waals surface area contributed by atoms with Crippen molar-refractivity contribution in [2.24, 2.45) is 5.92 Å². The predicted octanol–water partition coefficient (Wildman–Crippen LogP) is 0.969. The van der Waals surface area contributed by atoms with Gasteiger partial charge < -0.3 is 9.84 Å². The number of carbonyl (C=O) groups is 2. The van der Waals surface area contributed by atoms with Crippen LogP contribution in [0.5, 0.6) is 0 Å². The first kappa shape index (κ1) is 9.77. The van der Waals surface area contributed by atoms with Gasteiger partial charge in [-0.15, -0.1) is 0 Å². The van der Waals surface area contributed by atoms with Gasteiger partial charge in [0, 0.05) is 19.3 Å². The summed E-state index contributed by atoms with van der Waals surface area (Å²) >= 11 is 0. The van der Waals surface area contributed by atoms with Gasteiger partial charge in [-0.25, -0.2) is 0 Å². The van der Waals surface area contributed by atoms with Crippen molar-refractivity contribution >= 4 is 11.9 Å². The van der Waals surface area contributed by atoms with Crippen LogP contribution in [-0.2, 0) is 14.3 Å². The van der Waals surface area contributed by atoms with Crippen molar-refractivity contribution in [3.63, 3.8) is 0 Å². The number of carboxylic acid groups (broad SMARTS) is 1. The molecule has 0 spiro atoms. The highest BCUT2D eigenvalue weighted by molar-refractivity contribution is 5.68. The van der Waals surface area contributed by atoms with Crippen molar-refractivity contribution in [3.8, 4) is 0 Å². The molecule has 0 bridgehead atoms. The first-order chi connectivity index (χ1) is 6.09. The average Bonchev–Trinajstić information content (AvgIpc) is 2.34. The van der Waals surface area contributed by atoms with Crippen LogP contribution >= 0.6 is 0 Å². The van der Waals surface area contributed by atoms with Crippen LogP contribution in [0.15, 0.2) is 12.2 Å². The first-order valence-electron chi connectivity index (χ1n) is 4.15. The van der Waals surface area contributed by atoms with Gasteiger partial charge in [-0.2, -0.15) is 0 Å². The number of carboxylic acids is 1. The number of aliphatic carboxylic acids is 1. The summed E-state index contributed by atoms with van der Waals surface area (Å²) in [5.41, 5.74) is 0. The molecule has 1 aliphatic carbocycles. The lowest BCUT2D eigenvalue weighted by Crippen LogP contribution is -2.23. The van der Waals surface area contributed by atoms with E-state index in [0.717, 1.165) is 0 Å². The number of hydrogen-bond donors (Lipinski definition) is 1. The number of ether oxygens (including phenoxy) is 1. The van der Waals surface area contributed by atoms with E-state index in [-0.39, 0.29) is 24.4 Å².